The molecule has 0 spiro atoms. The molecule has 1 fully saturated rings. The molecule has 1 heterocycles. The van der Waals surface area contributed by atoms with Crippen LogP contribution in [0.4, 0.5) is 10.1 Å². The van der Waals surface area contributed by atoms with Crippen LogP contribution in [0.25, 0.3) is 0 Å². The number of nitrogens with zero attached hydrogens (tertiary/aromatic N) is 1. The molecule has 0 aromatic heterocycles. The predicted octanol–water partition coefficient (Wildman–Crippen LogP) is 3.54. The first-order valence-electron chi connectivity index (χ1n) is 9.24. The average molecular weight is 457 g/mol. The van der Waals surface area contributed by atoms with E-state index in [4.69, 9.17) is 21.1 Å². The summed E-state index contributed by atoms with van der Waals surface area (Å²) in [6.45, 7) is 0.320. The molecule has 1 saturated heterocycles. The summed E-state index contributed by atoms with van der Waals surface area (Å²) in [5, 5.41) is 3.11. The molecule has 1 aliphatic rings. The van der Waals surface area contributed by atoms with Crippen LogP contribution >= 0.6 is 11.6 Å². The second-order valence-corrected chi connectivity index (χ2v) is 9.18. The topological polar surface area (TPSA) is 84.9 Å². The lowest BCUT2D eigenvalue weighted by molar-refractivity contribution is -0.120. The molecule has 2 aromatic rings. The number of anilines is 1. The van der Waals surface area contributed by atoms with Gasteiger partial charge in [0.15, 0.2) is 0 Å². The number of methoxy groups -OCH3 is 2. The Kier molecular flexibility index (Phi) is 6.84. The minimum absolute atomic E-state index is 0.00550. The van der Waals surface area contributed by atoms with E-state index in [2.05, 4.69) is 5.32 Å². The van der Waals surface area contributed by atoms with Gasteiger partial charge >= 0.3 is 0 Å². The predicted molar refractivity (Wildman–Crippen MR) is 111 cm³/mol. The highest BCUT2D eigenvalue weighted by Crippen LogP contribution is 2.36. The third-order valence-corrected chi connectivity index (χ3v) is 7.11. The number of amides is 1. The molecule has 1 atom stereocenters. The second kappa shape index (κ2) is 9.20. The molecular formula is C20H22ClFN2O5S. The first-order valence-corrected chi connectivity index (χ1v) is 11.1. The van der Waals surface area contributed by atoms with Gasteiger partial charge in [-0.25, -0.2) is 12.8 Å². The maximum Gasteiger partial charge on any atom is 0.243 e. The smallest absolute Gasteiger partial charge is 0.243 e. The van der Waals surface area contributed by atoms with Crippen LogP contribution in [0.3, 0.4) is 0 Å². The van der Waals surface area contributed by atoms with Gasteiger partial charge in [0.1, 0.15) is 17.3 Å². The molecule has 7 nitrogen and oxygen atoms in total. The Balaban J connectivity index is 1.77. The zero-order valence-corrected chi connectivity index (χ0v) is 18.1. The first-order chi connectivity index (χ1) is 14.3. The number of nitrogens with one attached hydrogen (secondary N) is 1. The molecule has 162 valence electrons. The van der Waals surface area contributed by atoms with Gasteiger partial charge < -0.3 is 14.8 Å². The van der Waals surface area contributed by atoms with Crippen molar-refractivity contribution >= 4 is 33.2 Å². The number of hydrogen-bond donors (Lipinski definition) is 1. The molecule has 0 saturated carbocycles. The second-order valence-electron chi connectivity index (χ2n) is 6.83. The van der Waals surface area contributed by atoms with Crippen molar-refractivity contribution < 1.29 is 27.1 Å². The van der Waals surface area contributed by atoms with E-state index in [9.17, 15) is 17.6 Å². The van der Waals surface area contributed by atoms with Gasteiger partial charge in [-0.2, -0.15) is 4.31 Å². The number of carbonyl (C=O) groups excluding carboxylic acids is 1. The maximum absolute atomic E-state index is 13.1. The average Bonchev–Trinajstić information content (AvgIpc) is 2.75. The fourth-order valence-electron chi connectivity index (χ4n) is 3.32. The summed E-state index contributed by atoms with van der Waals surface area (Å²) in [7, 11) is -0.916. The highest BCUT2D eigenvalue weighted by molar-refractivity contribution is 7.89. The van der Waals surface area contributed by atoms with E-state index in [1.54, 1.807) is 6.07 Å². The van der Waals surface area contributed by atoms with Crippen molar-refractivity contribution in [3.8, 4) is 11.5 Å². The Morgan fingerprint density at radius 3 is 2.47 bits per heavy atom. The lowest BCUT2D eigenvalue weighted by Gasteiger charge is -2.31. The number of benzene rings is 2. The van der Waals surface area contributed by atoms with E-state index in [0.29, 0.717) is 41.6 Å². The highest BCUT2D eigenvalue weighted by atomic mass is 35.5. The molecule has 10 heteroatoms. The van der Waals surface area contributed by atoms with Crippen molar-refractivity contribution in [3.05, 3.63) is 47.2 Å². The molecule has 0 unspecified atom stereocenters. The van der Waals surface area contributed by atoms with Crippen LogP contribution in [0.5, 0.6) is 11.5 Å². The van der Waals surface area contributed by atoms with E-state index in [1.165, 1.54) is 36.7 Å². The van der Waals surface area contributed by atoms with Gasteiger partial charge in [0, 0.05) is 25.2 Å². The minimum atomic E-state index is -3.82. The Bertz CT molecular complexity index is 1030. The summed E-state index contributed by atoms with van der Waals surface area (Å²) in [6.07, 6.45) is 1.06. The number of piperidine rings is 1. The van der Waals surface area contributed by atoms with Gasteiger partial charge in [-0.3, -0.25) is 4.79 Å². The maximum atomic E-state index is 13.1. The Hall–Kier alpha value is -2.36. The van der Waals surface area contributed by atoms with Crippen LogP contribution in [-0.4, -0.2) is 45.9 Å². The first kappa shape index (κ1) is 22.3. The fourth-order valence-corrected chi connectivity index (χ4v) is 5.08. The molecule has 1 amide bonds. The number of hydrogen-bond acceptors (Lipinski definition) is 5. The number of halogens is 2. The summed E-state index contributed by atoms with van der Waals surface area (Å²) in [5.74, 6) is -0.674. The van der Waals surface area contributed by atoms with Crippen molar-refractivity contribution in [2.75, 3.05) is 32.6 Å². The standard InChI is InChI=1S/C20H22ClFN2O5S/c1-28-18-11-17(19(29-2)10-16(18)21)23-20(25)13-4-3-9-24(12-13)30(26,27)15-7-5-14(22)6-8-15/h5-8,10-11,13H,3-4,9,12H2,1-2H3,(H,23,25)/t13-/m1/s1. The molecule has 30 heavy (non-hydrogen) atoms. The normalized spacial score (nSPS) is 17.4. The van der Waals surface area contributed by atoms with Crippen molar-refractivity contribution in [1.82, 2.24) is 4.31 Å². The van der Waals surface area contributed by atoms with E-state index in [1.807, 2.05) is 0 Å². The fraction of sp³-hybridized carbons (Fsp3) is 0.350. The lowest BCUT2D eigenvalue weighted by atomic mass is 9.98. The van der Waals surface area contributed by atoms with Gasteiger partial charge in [0.05, 0.1) is 35.7 Å². The highest BCUT2D eigenvalue weighted by Gasteiger charge is 2.33. The summed E-state index contributed by atoms with van der Waals surface area (Å²) in [4.78, 5) is 12.9. The third kappa shape index (κ3) is 4.69. The van der Waals surface area contributed by atoms with Crippen molar-refractivity contribution in [2.45, 2.75) is 17.7 Å². The van der Waals surface area contributed by atoms with E-state index in [-0.39, 0.29) is 17.3 Å². The van der Waals surface area contributed by atoms with Crippen LogP contribution < -0.4 is 14.8 Å². The van der Waals surface area contributed by atoms with Gasteiger partial charge in [-0.05, 0) is 37.1 Å². The van der Waals surface area contributed by atoms with Gasteiger partial charge in [-0.1, -0.05) is 11.6 Å². The number of ether oxygens (including phenoxy) is 2. The zero-order valence-electron chi connectivity index (χ0n) is 16.5. The summed E-state index contributed by atoms with van der Waals surface area (Å²) < 4.78 is 50.6. The Labute approximate surface area is 179 Å². The Morgan fingerprint density at radius 2 is 1.83 bits per heavy atom. The monoisotopic (exact) mass is 456 g/mol. The van der Waals surface area contributed by atoms with Crippen LogP contribution in [-0.2, 0) is 14.8 Å². The summed E-state index contributed by atoms with van der Waals surface area (Å²) >= 11 is 6.09. The van der Waals surface area contributed by atoms with Crippen molar-refractivity contribution in [1.29, 1.82) is 0 Å². The molecule has 0 bridgehead atoms. The van der Waals surface area contributed by atoms with Crippen LogP contribution in [0.1, 0.15) is 12.8 Å². The molecular weight excluding hydrogens is 435 g/mol. The van der Waals surface area contributed by atoms with Crippen molar-refractivity contribution in [3.63, 3.8) is 0 Å². The number of rotatable bonds is 6. The zero-order chi connectivity index (χ0) is 21.9. The Morgan fingerprint density at radius 1 is 1.17 bits per heavy atom. The van der Waals surface area contributed by atoms with Crippen LogP contribution in [0.2, 0.25) is 5.02 Å². The molecule has 1 N–H and O–H groups in total. The third-order valence-electron chi connectivity index (χ3n) is 4.94. The van der Waals surface area contributed by atoms with Gasteiger partial charge in [-0.15, -0.1) is 0 Å². The van der Waals surface area contributed by atoms with E-state index >= 15 is 0 Å². The SMILES string of the molecule is COc1cc(NC(=O)[C@@H]2CCCN(S(=O)(=O)c3ccc(F)cc3)C2)c(OC)cc1Cl. The molecule has 1 aliphatic heterocycles. The molecule has 2 aromatic carbocycles. The number of carbonyl (C=O) groups is 1. The van der Waals surface area contributed by atoms with Gasteiger partial charge in [0.25, 0.3) is 0 Å². The minimum Gasteiger partial charge on any atom is -0.495 e. The lowest BCUT2D eigenvalue weighted by Crippen LogP contribution is -2.43. The molecule has 3 rings (SSSR count). The number of sulfonamides is 1. The largest absolute Gasteiger partial charge is 0.495 e. The molecule has 0 aliphatic carbocycles. The van der Waals surface area contributed by atoms with Crippen LogP contribution in [0.15, 0.2) is 41.3 Å². The quantitative estimate of drug-likeness (QED) is 0.718. The molecule has 0 radical (unpaired) electrons. The van der Waals surface area contributed by atoms with Crippen LogP contribution in [0, 0.1) is 11.7 Å². The van der Waals surface area contributed by atoms with E-state index in [0.717, 1.165) is 12.1 Å². The van der Waals surface area contributed by atoms with Gasteiger partial charge in [0.2, 0.25) is 15.9 Å². The van der Waals surface area contributed by atoms with Crippen molar-refractivity contribution in [2.24, 2.45) is 5.92 Å². The summed E-state index contributed by atoms with van der Waals surface area (Å²) in [6, 6.07) is 7.72. The summed E-state index contributed by atoms with van der Waals surface area (Å²) in [5.41, 5.74) is 0.377. The van der Waals surface area contributed by atoms with E-state index < -0.39 is 21.8 Å².